The summed E-state index contributed by atoms with van der Waals surface area (Å²) in [6.07, 6.45) is 7.84. The van der Waals surface area contributed by atoms with Crippen molar-refractivity contribution in [2.24, 2.45) is 5.92 Å². The molecular formula is C69H52N2. The number of allylic oxidation sites excluding steroid dienone is 3. The molecule has 1 atom stereocenters. The number of nitrogens with zero attached hydrogens (tertiary/aromatic N) is 1. The second kappa shape index (κ2) is 19.6. The zero-order valence-electron chi connectivity index (χ0n) is 39.5. The summed E-state index contributed by atoms with van der Waals surface area (Å²) >= 11 is 0. The zero-order chi connectivity index (χ0) is 47.3. The highest BCUT2D eigenvalue weighted by Crippen LogP contribution is 2.44. The van der Waals surface area contributed by atoms with Gasteiger partial charge in [0.1, 0.15) is 0 Å². The summed E-state index contributed by atoms with van der Waals surface area (Å²) in [4.78, 5) is 2.40. The molecule has 0 saturated heterocycles. The summed E-state index contributed by atoms with van der Waals surface area (Å²) in [6.45, 7) is 0.820. The molecule has 2 nitrogen and oxygen atoms in total. The highest BCUT2D eigenvalue weighted by Gasteiger charge is 2.20. The molecule has 1 aliphatic rings. The van der Waals surface area contributed by atoms with Crippen LogP contribution in [0.2, 0.25) is 0 Å². The van der Waals surface area contributed by atoms with Crippen molar-refractivity contribution < 1.29 is 0 Å². The minimum atomic E-state index is 0.321. The molecule has 0 spiro atoms. The summed E-state index contributed by atoms with van der Waals surface area (Å²) in [7, 11) is 0. The lowest BCUT2D eigenvalue weighted by molar-refractivity contribution is 0.703. The number of fused-ring (bicyclic) bond motifs is 2. The van der Waals surface area contributed by atoms with Crippen molar-refractivity contribution in [3.8, 4) is 55.6 Å². The second-order valence-electron chi connectivity index (χ2n) is 18.6. The average molecular weight is 909 g/mol. The largest absolute Gasteiger partial charge is 0.384 e. The Morgan fingerprint density at radius 2 is 0.845 bits per heavy atom. The van der Waals surface area contributed by atoms with Crippen LogP contribution in [0, 0.1) is 5.92 Å². The molecule has 338 valence electrons. The smallest absolute Gasteiger partial charge is 0.0540 e. The Morgan fingerprint density at radius 3 is 1.52 bits per heavy atom. The van der Waals surface area contributed by atoms with Crippen molar-refractivity contribution in [1.82, 2.24) is 0 Å². The van der Waals surface area contributed by atoms with E-state index in [0.29, 0.717) is 5.92 Å². The number of hydrogen-bond donors (Lipinski definition) is 1. The quantitative estimate of drug-likeness (QED) is 0.131. The first-order chi connectivity index (χ1) is 35.1. The zero-order valence-corrected chi connectivity index (χ0v) is 39.5. The normalized spacial score (nSPS) is 13.2. The van der Waals surface area contributed by atoms with Gasteiger partial charge in [0, 0.05) is 29.2 Å². The Bertz CT molecular complexity index is 3640. The van der Waals surface area contributed by atoms with E-state index in [1.165, 1.54) is 88.3 Å². The number of rotatable bonds is 12. The van der Waals surface area contributed by atoms with E-state index in [2.05, 4.69) is 289 Å². The Kier molecular flexibility index (Phi) is 11.9. The number of benzene rings is 11. The molecule has 1 N–H and O–H groups in total. The van der Waals surface area contributed by atoms with Gasteiger partial charge in [0.25, 0.3) is 0 Å². The Hall–Kier alpha value is -8.98. The van der Waals surface area contributed by atoms with E-state index in [-0.39, 0.29) is 0 Å². The van der Waals surface area contributed by atoms with Crippen molar-refractivity contribution in [3.05, 3.63) is 285 Å². The maximum absolute atomic E-state index is 3.90. The van der Waals surface area contributed by atoms with Crippen LogP contribution in [0.15, 0.2) is 279 Å². The predicted octanol–water partition coefficient (Wildman–Crippen LogP) is 18.9. The van der Waals surface area contributed by atoms with Gasteiger partial charge in [-0.25, -0.2) is 0 Å². The number of para-hydroxylation sites is 1. The SMILES string of the molecule is C1=CC(CNc2cc(-c3ccc4ccccc4c3)cc(-c3ccc4ccccc4c3)c2)CC(c2cccc(-c3cccc(N(c4ccccc4)c4ccc(-c5ccccc5)cc4-c4ccccc4)c3)c2)=C1. The highest BCUT2D eigenvalue weighted by molar-refractivity contribution is 5.93. The van der Waals surface area contributed by atoms with E-state index in [1.54, 1.807) is 0 Å². The molecule has 0 heterocycles. The molecule has 71 heavy (non-hydrogen) atoms. The molecule has 12 rings (SSSR count). The topological polar surface area (TPSA) is 15.3 Å². The second-order valence-corrected chi connectivity index (χ2v) is 18.6. The maximum atomic E-state index is 3.90. The van der Waals surface area contributed by atoms with Crippen LogP contribution < -0.4 is 10.2 Å². The maximum Gasteiger partial charge on any atom is 0.0540 e. The first-order valence-electron chi connectivity index (χ1n) is 24.7. The molecule has 0 aliphatic heterocycles. The number of anilines is 4. The Labute approximate surface area is 417 Å². The van der Waals surface area contributed by atoms with Gasteiger partial charge in [-0.15, -0.1) is 0 Å². The summed E-state index contributed by atoms with van der Waals surface area (Å²) in [6, 6.07) is 94.9. The molecular weight excluding hydrogens is 857 g/mol. The van der Waals surface area contributed by atoms with E-state index in [9.17, 15) is 0 Å². The number of hydrogen-bond acceptors (Lipinski definition) is 2. The van der Waals surface area contributed by atoms with Gasteiger partial charge < -0.3 is 10.2 Å². The van der Waals surface area contributed by atoms with Crippen LogP contribution in [0.5, 0.6) is 0 Å². The van der Waals surface area contributed by atoms with Crippen molar-refractivity contribution >= 4 is 49.9 Å². The minimum absolute atomic E-state index is 0.321. The van der Waals surface area contributed by atoms with Crippen LogP contribution in [0.4, 0.5) is 22.7 Å². The molecule has 2 heteroatoms. The summed E-state index contributed by atoms with van der Waals surface area (Å²) in [5, 5.41) is 8.90. The van der Waals surface area contributed by atoms with Gasteiger partial charge in [0.2, 0.25) is 0 Å². The fraction of sp³-hybridized carbons (Fsp3) is 0.0435. The van der Waals surface area contributed by atoms with Gasteiger partial charge in [-0.3, -0.25) is 0 Å². The van der Waals surface area contributed by atoms with Gasteiger partial charge in [-0.05, 0) is 168 Å². The lowest BCUT2D eigenvalue weighted by atomic mass is 9.88. The van der Waals surface area contributed by atoms with Crippen LogP contribution in [0.25, 0.3) is 82.8 Å². The monoisotopic (exact) mass is 908 g/mol. The van der Waals surface area contributed by atoms with E-state index >= 15 is 0 Å². The van der Waals surface area contributed by atoms with Crippen LogP contribution >= 0.6 is 0 Å². The van der Waals surface area contributed by atoms with E-state index in [0.717, 1.165) is 35.7 Å². The third kappa shape index (κ3) is 9.32. The summed E-state index contributed by atoms with van der Waals surface area (Å²) in [5.41, 5.74) is 19.0. The van der Waals surface area contributed by atoms with E-state index in [4.69, 9.17) is 0 Å². The van der Waals surface area contributed by atoms with Crippen LogP contribution in [0.1, 0.15) is 12.0 Å². The van der Waals surface area contributed by atoms with Gasteiger partial charge in [0.05, 0.1) is 5.69 Å². The molecule has 0 fully saturated rings. The molecule has 0 saturated carbocycles. The van der Waals surface area contributed by atoms with E-state index < -0.39 is 0 Å². The van der Waals surface area contributed by atoms with Crippen molar-refractivity contribution in [3.63, 3.8) is 0 Å². The Morgan fingerprint density at radius 1 is 0.352 bits per heavy atom. The molecule has 0 radical (unpaired) electrons. The standard InChI is InChI=1S/C69H52N2/c1-4-18-50(19-5-1)62-37-38-69(68(47-62)53-22-6-2-7-23-53)71(66-30-8-3-9-31-66)67-32-16-29-59(46-67)58-28-15-27-57(42-58)54-26-14-17-49(39-54)48-70-65-44-63(60-35-33-51-20-10-12-24-55(51)40-60)43-64(45-65)61-36-34-52-21-11-13-25-56(52)41-61/h1-38,40-47,49,70H,39,48H2. The Balaban J connectivity index is 0.824. The fourth-order valence-electron chi connectivity index (χ4n) is 10.3. The average Bonchev–Trinajstić information content (AvgIpc) is 3.45. The van der Waals surface area contributed by atoms with Crippen LogP contribution in [-0.2, 0) is 0 Å². The third-order valence-corrected chi connectivity index (χ3v) is 13.9. The minimum Gasteiger partial charge on any atom is -0.384 e. The predicted molar refractivity (Wildman–Crippen MR) is 303 cm³/mol. The first kappa shape index (κ1) is 43.3. The molecule has 11 aromatic rings. The first-order valence-corrected chi connectivity index (χ1v) is 24.7. The van der Waals surface area contributed by atoms with Gasteiger partial charge in [-0.1, -0.05) is 206 Å². The molecule has 0 amide bonds. The van der Waals surface area contributed by atoms with Gasteiger partial charge in [-0.2, -0.15) is 0 Å². The lowest BCUT2D eigenvalue weighted by Crippen LogP contribution is -2.14. The summed E-state index contributed by atoms with van der Waals surface area (Å²) < 4.78 is 0. The molecule has 11 aromatic carbocycles. The lowest BCUT2D eigenvalue weighted by Gasteiger charge is -2.29. The van der Waals surface area contributed by atoms with Crippen LogP contribution in [0.3, 0.4) is 0 Å². The molecule has 1 aliphatic carbocycles. The third-order valence-electron chi connectivity index (χ3n) is 13.9. The van der Waals surface area contributed by atoms with Crippen molar-refractivity contribution in [2.45, 2.75) is 6.42 Å². The number of nitrogens with one attached hydrogen (secondary N) is 1. The van der Waals surface area contributed by atoms with Crippen LogP contribution in [-0.4, -0.2) is 6.54 Å². The van der Waals surface area contributed by atoms with Crippen molar-refractivity contribution in [2.75, 3.05) is 16.8 Å². The van der Waals surface area contributed by atoms with Gasteiger partial charge in [0.15, 0.2) is 0 Å². The fourth-order valence-corrected chi connectivity index (χ4v) is 10.3. The van der Waals surface area contributed by atoms with Gasteiger partial charge >= 0.3 is 0 Å². The molecule has 0 bridgehead atoms. The van der Waals surface area contributed by atoms with Crippen molar-refractivity contribution in [1.29, 1.82) is 0 Å². The van der Waals surface area contributed by atoms with E-state index in [1.807, 2.05) is 0 Å². The summed E-state index contributed by atoms with van der Waals surface area (Å²) in [5.74, 6) is 0.321. The highest BCUT2D eigenvalue weighted by atomic mass is 15.1. The molecule has 0 aromatic heterocycles. The molecule has 1 unspecified atom stereocenters.